The monoisotopic (exact) mass is 414 g/mol. The molecule has 0 atom stereocenters. The minimum Gasteiger partial charge on any atom is -0.366 e. The molecule has 8 heteroatoms. The third-order valence-electron chi connectivity index (χ3n) is 5.78. The van der Waals surface area contributed by atoms with Gasteiger partial charge in [-0.2, -0.15) is 0 Å². The van der Waals surface area contributed by atoms with Crippen molar-refractivity contribution in [1.82, 2.24) is 9.80 Å². The molecule has 0 unspecified atom stereocenters. The molecule has 0 saturated carbocycles. The SMILES string of the molecule is O=C(c1ccc(N2CCCC2)c([N+](=O)[O-])c1)N1CCN(CCc2cccs2)CC1. The Balaban J connectivity index is 1.38. The number of carbonyl (C=O) groups excluding carboxylic acids is 1. The van der Waals surface area contributed by atoms with Gasteiger partial charge in [-0.1, -0.05) is 6.07 Å². The fourth-order valence-corrected chi connectivity index (χ4v) is 4.81. The van der Waals surface area contributed by atoms with Gasteiger partial charge in [-0.15, -0.1) is 11.3 Å². The Labute approximate surface area is 174 Å². The molecule has 0 N–H and O–H groups in total. The molecule has 0 radical (unpaired) electrons. The molecule has 0 bridgehead atoms. The van der Waals surface area contributed by atoms with Crippen LogP contribution in [0.25, 0.3) is 0 Å². The van der Waals surface area contributed by atoms with E-state index in [1.807, 2.05) is 9.80 Å². The summed E-state index contributed by atoms with van der Waals surface area (Å²) in [7, 11) is 0. The van der Waals surface area contributed by atoms with Gasteiger partial charge in [0.15, 0.2) is 0 Å². The number of thiophene rings is 1. The Morgan fingerprint density at radius 1 is 1.07 bits per heavy atom. The molecule has 2 saturated heterocycles. The number of benzene rings is 1. The van der Waals surface area contributed by atoms with Crippen LogP contribution in [0.4, 0.5) is 11.4 Å². The predicted molar refractivity (Wildman–Crippen MR) is 115 cm³/mol. The maximum Gasteiger partial charge on any atom is 0.293 e. The number of amides is 1. The van der Waals surface area contributed by atoms with E-state index in [-0.39, 0.29) is 16.5 Å². The lowest BCUT2D eigenvalue weighted by Gasteiger charge is -2.34. The van der Waals surface area contributed by atoms with Crippen LogP contribution in [0, 0.1) is 10.1 Å². The fraction of sp³-hybridized carbons (Fsp3) is 0.476. The lowest BCUT2D eigenvalue weighted by Crippen LogP contribution is -2.49. The second-order valence-corrected chi connectivity index (χ2v) is 8.65. The first kappa shape index (κ1) is 19.8. The molecule has 1 aromatic heterocycles. The molecule has 2 aliphatic rings. The summed E-state index contributed by atoms with van der Waals surface area (Å²) in [5, 5.41) is 13.7. The van der Waals surface area contributed by atoms with Crippen molar-refractivity contribution < 1.29 is 9.72 Å². The van der Waals surface area contributed by atoms with Crippen molar-refractivity contribution in [2.75, 3.05) is 50.7 Å². The summed E-state index contributed by atoms with van der Waals surface area (Å²) >= 11 is 1.78. The summed E-state index contributed by atoms with van der Waals surface area (Å²) < 4.78 is 0. The van der Waals surface area contributed by atoms with Crippen molar-refractivity contribution in [1.29, 1.82) is 0 Å². The van der Waals surface area contributed by atoms with Crippen LogP contribution in [0.3, 0.4) is 0 Å². The summed E-state index contributed by atoms with van der Waals surface area (Å²) in [5.41, 5.74) is 1.07. The first-order valence-corrected chi connectivity index (χ1v) is 11.1. The number of anilines is 1. The molecule has 7 nitrogen and oxygen atoms in total. The Hall–Kier alpha value is -2.45. The quantitative estimate of drug-likeness (QED) is 0.536. The predicted octanol–water partition coefficient (Wildman–Crippen LogP) is 3.26. The number of hydrogen-bond acceptors (Lipinski definition) is 6. The molecule has 154 valence electrons. The first-order valence-electron chi connectivity index (χ1n) is 10.2. The highest BCUT2D eigenvalue weighted by Crippen LogP contribution is 2.32. The zero-order valence-electron chi connectivity index (χ0n) is 16.5. The smallest absolute Gasteiger partial charge is 0.293 e. The third-order valence-corrected chi connectivity index (χ3v) is 6.72. The maximum atomic E-state index is 12.9. The first-order chi connectivity index (χ1) is 14.1. The Bertz CT molecular complexity index is 857. The van der Waals surface area contributed by atoms with Crippen molar-refractivity contribution in [3.63, 3.8) is 0 Å². The molecule has 1 aromatic carbocycles. The van der Waals surface area contributed by atoms with E-state index in [0.29, 0.717) is 24.3 Å². The average molecular weight is 415 g/mol. The normalized spacial score (nSPS) is 17.7. The molecule has 1 amide bonds. The van der Waals surface area contributed by atoms with E-state index in [9.17, 15) is 14.9 Å². The van der Waals surface area contributed by atoms with E-state index in [0.717, 1.165) is 52.0 Å². The molecule has 0 aliphatic carbocycles. The molecule has 2 aliphatic heterocycles. The van der Waals surface area contributed by atoms with Crippen LogP contribution in [0.1, 0.15) is 28.1 Å². The number of piperazine rings is 1. The zero-order valence-corrected chi connectivity index (χ0v) is 17.3. The highest BCUT2D eigenvalue weighted by molar-refractivity contribution is 7.09. The van der Waals surface area contributed by atoms with Gasteiger partial charge in [0.05, 0.1) is 4.92 Å². The van der Waals surface area contributed by atoms with Crippen LogP contribution >= 0.6 is 11.3 Å². The van der Waals surface area contributed by atoms with Gasteiger partial charge in [0.2, 0.25) is 0 Å². The molecular weight excluding hydrogens is 388 g/mol. The number of hydrogen-bond donors (Lipinski definition) is 0. The summed E-state index contributed by atoms with van der Waals surface area (Å²) in [5.74, 6) is -0.112. The molecule has 0 spiro atoms. The van der Waals surface area contributed by atoms with Gasteiger partial charge in [-0.3, -0.25) is 19.8 Å². The Morgan fingerprint density at radius 3 is 2.48 bits per heavy atom. The van der Waals surface area contributed by atoms with Crippen molar-refractivity contribution in [2.45, 2.75) is 19.3 Å². The molecule has 2 aromatic rings. The van der Waals surface area contributed by atoms with Crippen LogP contribution < -0.4 is 4.90 Å². The number of rotatable bonds is 6. The van der Waals surface area contributed by atoms with Crippen molar-refractivity contribution in [3.8, 4) is 0 Å². The minimum atomic E-state index is -0.368. The van der Waals surface area contributed by atoms with Gasteiger partial charge in [-0.25, -0.2) is 0 Å². The van der Waals surface area contributed by atoms with Crippen LogP contribution in [-0.4, -0.2) is 66.4 Å². The van der Waals surface area contributed by atoms with Crippen molar-refractivity contribution in [2.24, 2.45) is 0 Å². The van der Waals surface area contributed by atoms with E-state index in [1.165, 1.54) is 10.9 Å². The van der Waals surface area contributed by atoms with Gasteiger partial charge in [0, 0.05) is 62.3 Å². The highest BCUT2D eigenvalue weighted by atomic mass is 32.1. The maximum absolute atomic E-state index is 12.9. The van der Waals surface area contributed by atoms with Crippen LogP contribution in [0.5, 0.6) is 0 Å². The number of nitrogens with zero attached hydrogens (tertiary/aromatic N) is 4. The van der Waals surface area contributed by atoms with E-state index >= 15 is 0 Å². The topological polar surface area (TPSA) is 69.9 Å². The third kappa shape index (κ3) is 4.59. The van der Waals surface area contributed by atoms with Crippen molar-refractivity contribution in [3.05, 3.63) is 56.3 Å². The van der Waals surface area contributed by atoms with Crippen LogP contribution in [-0.2, 0) is 6.42 Å². The van der Waals surface area contributed by atoms with Gasteiger partial charge >= 0.3 is 0 Å². The number of carbonyl (C=O) groups is 1. The fourth-order valence-electron chi connectivity index (χ4n) is 4.11. The Morgan fingerprint density at radius 2 is 1.83 bits per heavy atom. The van der Waals surface area contributed by atoms with E-state index in [2.05, 4.69) is 22.4 Å². The second-order valence-electron chi connectivity index (χ2n) is 7.62. The molecule has 29 heavy (non-hydrogen) atoms. The van der Waals surface area contributed by atoms with Gasteiger partial charge in [0.1, 0.15) is 5.69 Å². The Kier molecular flexibility index (Phi) is 6.10. The average Bonchev–Trinajstić information content (AvgIpc) is 3.46. The summed E-state index contributed by atoms with van der Waals surface area (Å²) in [4.78, 5) is 31.8. The van der Waals surface area contributed by atoms with E-state index < -0.39 is 0 Å². The van der Waals surface area contributed by atoms with E-state index in [1.54, 1.807) is 23.5 Å². The summed E-state index contributed by atoms with van der Waals surface area (Å²) in [6.07, 6.45) is 3.14. The van der Waals surface area contributed by atoms with E-state index in [4.69, 9.17) is 0 Å². The largest absolute Gasteiger partial charge is 0.366 e. The van der Waals surface area contributed by atoms with Crippen molar-refractivity contribution >= 4 is 28.6 Å². The lowest BCUT2D eigenvalue weighted by atomic mass is 10.1. The molecule has 3 heterocycles. The van der Waals surface area contributed by atoms with Crippen LogP contribution in [0.15, 0.2) is 35.7 Å². The number of nitro benzene ring substituents is 1. The highest BCUT2D eigenvalue weighted by Gasteiger charge is 2.27. The van der Waals surface area contributed by atoms with Gasteiger partial charge in [-0.05, 0) is 42.8 Å². The lowest BCUT2D eigenvalue weighted by molar-refractivity contribution is -0.384. The summed E-state index contributed by atoms with van der Waals surface area (Å²) in [6, 6.07) is 9.17. The standard InChI is InChI=1S/C21H26N4O3S/c26-21(24-13-11-22(12-14-24)10-7-18-4-3-15-29-18)17-5-6-19(20(16-17)25(27)28)23-8-1-2-9-23/h3-6,15-16H,1-2,7-14H2. The molecule has 2 fully saturated rings. The van der Waals surface area contributed by atoms with Gasteiger partial charge < -0.3 is 9.80 Å². The van der Waals surface area contributed by atoms with Gasteiger partial charge in [0.25, 0.3) is 11.6 Å². The zero-order chi connectivity index (χ0) is 20.2. The molecule has 4 rings (SSSR count). The second kappa shape index (κ2) is 8.92. The minimum absolute atomic E-state index is 0.0346. The number of nitro groups is 1. The summed E-state index contributed by atoms with van der Waals surface area (Å²) in [6.45, 7) is 5.66. The van der Waals surface area contributed by atoms with Crippen LogP contribution in [0.2, 0.25) is 0 Å². The molecular formula is C21H26N4O3S.